The van der Waals surface area contributed by atoms with Crippen LogP contribution >= 0.6 is 11.6 Å². The van der Waals surface area contributed by atoms with Crippen molar-refractivity contribution in [3.63, 3.8) is 0 Å². The van der Waals surface area contributed by atoms with Crippen molar-refractivity contribution >= 4 is 23.4 Å². The van der Waals surface area contributed by atoms with Crippen LogP contribution in [-0.4, -0.2) is 60.2 Å². The summed E-state index contributed by atoms with van der Waals surface area (Å²) in [6.07, 6.45) is 2.20. The van der Waals surface area contributed by atoms with Gasteiger partial charge in [-0.25, -0.2) is 0 Å². The van der Waals surface area contributed by atoms with Gasteiger partial charge in [-0.1, -0.05) is 0 Å². The number of carbonyl (C=O) groups excluding carboxylic acids is 2. The van der Waals surface area contributed by atoms with Crippen LogP contribution in [0.2, 0.25) is 0 Å². The van der Waals surface area contributed by atoms with Crippen LogP contribution in [0.25, 0.3) is 0 Å². The molecule has 1 heterocycles. The first kappa shape index (κ1) is 16.3. The van der Waals surface area contributed by atoms with Gasteiger partial charge in [0.25, 0.3) is 5.91 Å². The Hall–Kier alpha value is -1.74. The molecule has 0 aromatic rings. The normalized spacial score (nSPS) is 15.8. The van der Waals surface area contributed by atoms with E-state index in [1.54, 1.807) is 9.80 Å². The van der Waals surface area contributed by atoms with Crippen LogP contribution in [0, 0.1) is 11.3 Å². The molecule has 0 aromatic heterocycles. The van der Waals surface area contributed by atoms with Gasteiger partial charge in [0.15, 0.2) is 0 Å². The van der Waals surface area contributed by atoms with Crippen LogP contribution in [-0.2, 0) is 9.59 Å². The predicted octanol–water partition coefficient (Wildman–Crippen LogP) is 0.303. The molecule has 0 atom stereocenters. The van der Waals surface area contributed by atoms with Crippen LogP contribution in [0.1, 0.15) is 13.3 Å². The number of carbonyl (C=O) groups is 2. The van der Waals surface area contributed by atoms with E-state index in [1.807, 2.05) is 6.07 Å². The maximum Gasteiger partial charge on any atom is 0.266 e. The molecule has 1 saturated heterocycles. The molecule has 1 fully saturated rings. The molecule has 20 heavy (non-hydrogen) atoms. The largest absolute Gasteiger partial charge is 0.390 e. The van der Waals surface area contributed by atoms with E-state index < -0.39 is 0 Å². The highest BCUT2D eigenvalue weighted by atomic mass is 35.5. The molecule has 1 aliphatic rings. The van der Waals surface area contributed by atoms with Gasteiger partial charge in [-0.2, -0.15) is 5.26 Å². The van der Waals surface area contributed by atoms with E-state index >= 15 is 0 Å². The zero-order chi connectivity index (χ0) is 15.0. The minimum atomic E-state index is -0.297. The highest BCUT2D eigenvalue weighted by Crippen LogP contribution is 2.06. The zero-order valence-corrected chi connectivity index (χ0v) is 12.3. The first-order chi connectivity index (χ1) is 9.60. The lowest BCUT2D eigenvalue weighted by molar-refractivity contribution is -0.136. The Kier molecular flexibility index (Phi) is 6.88. The van der Waals surface area contributed by atoms with Crippen LogP contribution in [0.3, 0.4) is 0 Å². The average molecular weight is 299 g/mol. The number of hydrogen-bond donors (Lipinski definition) is 1. The van der Waals surface area contributed by atoms with Crippen molar-refractivity contribution in [1.29, 1.82) is 5.26 Å². The van der Waals surface area contributed by atoms with Gasteiger partial charge in [0.05, 0.1) is 0 Å². The van der Waals surface area contributed by atoms with Gasteiger partial charge in [-0.05, 0) is 6.42 Å². The summed E-state index contributed by atoms with van der Waals surface area (Å²) in [4.78, 5) is 26.6. The van der Waals surface area contributed by atoms with Crippen molar-refractivity contribution in [2.45, 2.75) is 13.3 Å². The van der Waals surface area contributed by atoms with Crippen LogP contribution in [0.15, 0.2) is 11.8 Å². The lowest BCUT2D eigenvalue weighted by Gasteiger charge is -2.34. The summed E-state index contributed by atoms with van der Waals surface area (Å²) in [6, 6.07) is 1.90. The second-order valence-corrected chi connectivity index (χ2v) is 4.84. The highest BCUT2D eigenvalue weighted by Gasteiger charge is 2.24. The third kappa shape index (κ3) is 4.74. The third-order valence-corrected chi connectivity index (χ3v) is 3.33. The van der Waals surface area contributed by atoms with E-state index in [-0.39, 0.29) is 17.4 Å². The second-order valence-electron chi connectivity index (χ2n) is 4.46. The fraction of sp³-hybridized carbons (Fsp3) is 0.615. The van der Waals surface area contributed by atoms with E-state index in [0.29, 0.717) is 38.6 Å². The Morgan fingerprint density at radius 2 is 1.90 bits per heavy atom. The molecular formula is C13H19ClN4O2. The van der Waals surface area contributed by atoms with Gasteiger partial charge in [0.1, 0.15) is 11.6 Å². The van der Waals surface area contributed by atoms with Gasteiger partial charge in [0.2, 0.25) is 5.91 Å². The molecule has 2 amide bonds. The third-order valence-electron chi connectivity index (χ3n) is 3.06. The number of rotatable bonds is 5. The van der Waals surface area contributed by atoms with Crippen molar-refractivity contribution in [2.24, 2.45) is 0 Å². The molecular weight excluding hydrogens is 280 g/mol. The zero-order valence-electron chi connectivity index (χ0n) is 11.6. The van der Waals surface area contributed by atoms with Crippen LogP contribution in [0.4, 0.5) is 0 Å². The van der Waals surface area contributed by atoms with Gasteiger partial charge < -0.3 is 15.1 Å². The lowest BCUT2D eigenvalue weighted by atomic mass is 10.2. The topological polar surface area (TPSA) is 76.4 Å². The fourth-order valence-corrected chi connectivity index (χ4v) is 2.01. The minimum Gasteiger partial charge on any atom is -0.390 e. The molecule has 6 nitrogen and oxygen atoms in total. The van der Waals surface area contributed by atoms with Gasteiger partial charge in [0, 0.05) is 51.7 Å². The number of halogens is 1. The Morgan fingerprint density at radius 1 is 1.30 bits per heavy atom. The maximum absolute atomic E-state index is 12.1. The monoisotopic (exact) mass is 298 g/mol. The quantitative estimate of drug-likeness (QED) is 0.343. The summed E-state index contributed by atoms with van der Waals surface area (Å²) in [5, 5.41) is 11.9. The fourth-order valence-electron chi connectivity index (χ4n) is 1.88. The predicted molar refractivity (Wildman–Crippen MR) is 75.9 cm³/mol. The number of piperazine rings is 1. The lowest BCUT2D eigenvalue weighted by Crippen LogP contribution is -2.50. The van der Waals surface area contributed by atoms with Crippen molar-refractivity contribution in [3.8, 4) is 6.07 Å². The summed E-state index contributed by atoms with van der Waals surface area (Å²) in [6.45, 7) is 4.08. The smallest absolute Gasteiger partial charge is 0.266 e. The Labute approximate surface area is 124 Å². The summed E-state index contributed by atoms with van der Waals surface area (Å²) in [7, 11) is 0. The number of alkyl halides is 1. The summed E-state index contributed by atoms with van der Waals surface area (Å²) >= 11 is 5.54. The SMILES string of the molecule is CC(=O)N1CCN(C(=O)/C(C#N)=C\NCCCCl)CC1. The standard InChI is InChI=1S/C13H19ClN4O2/c1-11(19)17-5-7-18(8-6-17)13(20)12(9-15)10-16-4-2-3-14/h10,16H,2-8H2,1H3/b12-10-. The number of amides is 2. The molecule has 0 spiro atoms. The summed E-state index contributed by atoms with van der Waals surface area (Å²) in [5.41, 5.74) is 0.0795. The number of nitriles is 1. The van der Waals surface area contributed by atoms with Gasteiger partial charge >= 0.3 is 0 Å². The molecule has 0 radical (unpaired) electrons. The molecule has 110 valence electrons. The van der Waals surface area contributed by atoms with Gasteiger partial charge in [-0.3, -0.25) is 9.59 Å². The Balaban J connectivity index is 2.52. The van der Waals surface area contributed by atoms with Crippen LogP contribution < -0.4 is 5.32 Å². The average Bonchev–Trinajstić information content (AvgIpc) is 2.47. The Bertz CT molecular complexity index is 423. The molecule has 0 unspecified atom stereocenters. The first-order valence-electron chi connectivity index (χ1n) is 6.54. The first-order valence-corrected chi connectivity index (χ1v) is 7.08. The molecule has 0 saturated carbocycles. The molecule has 0 aliphatic carbocycles. The van der Waals surface area contributed by atoms with Crippen molar-refractivity contribution < 1.29 is 9.59 Å². The molecule has 1 N–H and O–H groups in total. The number of hydrogen-bond acceptors (Lipinski definition) is 4. The van der Waals surface area contributed by atoms with E-state index in [1.165, 1.54) is 13.1 Å². The molecule has 0 aromatic carbocycles. The number of nitrogens with zero attached hydrogens (tertiary/aromatic N) is 3. The van der Waals surface area contributed by atoms with E-state index in [2.05, 4.69) is 5.32 Å². The summed E-state index contributed by atoms with van der Waals surface area (Å²) < 4.78 is 0. The second kappa shape index (κ2) is 8.43. The van der Waals surface area contributed by atoms with Crippen molar-refractivity contribution in [2.75, 3.05) is 38.6 Å². The van der Waals surface area contributed by atoms with Gasteiger partial charge in [-0.15, -0.1) is 11.6 Å². The minimum absolute atomic E-state index is 0.0101. The molecule has 1 aliphatic heterocycles. The van der Waals surface area contributed by atoms with Crippen LogP contribution in [0.5, 0.6) is 0 Å². The molecule has 7 heteroatoms. The van der Waals surface area contributed by atoms with E-state index in [4.69, 9.17) is 16.9 Å². The van der Waals surface area contributed by atoms with E-state index in [9.17, 15) is 9.59 Å². The maximum atomic E-state index is 12.1. The summed E-state index contributed by atoms with van der Waals surface area (Å²) in [5.74, 6) is 0.244. The van der Waals surface area contributed by atoms with Crippen molar-refractivity contribution in [1.82, 2.24) is 15.1 Å². The number of nitrogens with one attached hydrogen (secondary N) is 1. The molecule has 1 rings (SSSR count). The molecule has 0 bridgehead atoms. The van der Waals surface area contributed by atoms with Crippen molar-refractivity contribution in [3.05, 3.63) is 11.8 Å². The Morgan fingerprint density at radius 3 is 2.40 bits per heavy atom. The van der Waals surface area contributed by atoms with E-state index in [0.717, 1.165) is 6.42 Å². The highest BCUT2D eigenvalue weighted by molar-refractivity contribution is 6.17.